The van der Waals surface area contributed by atoms with Crippen LogP contribution in [0.2, 0.25) is 0 Å². The highest BCUT2D eigenvalue weighted by molar-refractivity contribution is 5.22. The van der Waals surface area contributed by atoms with Crippen molar-refractivity contribution in [1.29, 1.82) is 0 Å². The highest BCUT2D eigenvalue weighted by atomic mass is 16.5. The smallest absolute Gasteiger partial charge is 0.0589 e. The molecule has 2 fully saturated rings. The zero-order valence-electron chi connectivity index (χ0n) is 18.4. The number of likely N-dealkylation sites (tertiary alicyclic amines) is 2. The van der Waals surface area contributed by atoms with Crippen molar-refractivity contribution < 1.29 is 4.74 Å². The summed E-state index contributed by atoms with van der Waals surface area (Å²) in [6, 6.07) is 9.84. The summed E-state index contributed by atoms with van der Waals surface area (Å²) in [5, 5.41) is 0. The molecule has 2 heterocycles. The first-order chi connectivity index (χ1) is 13.7. The Morgan fingerprint density at radius 3 is 2.64 bits per heavy atom. The topological polar surface area (TPSA) is 19.0 Å². The van der Waals surface area contributed by atoms with Crippen molar-refractivity contribution >= 4 is 0 Å². The predicted octanol–water partition coefficient (Wildman–Crippen LogP) is 3.64. The molecular weight excluding hydrogens is 346 g/mol. The first kappa shape index (κ1) is 21.8. The van der Waals surface area contributed by atoms with Crippen molar-refractivity contribution in [2.24, 2.45) is 5.92 Å². The molecule has 3 rings (SSSR count). The van der Waals surface area contributed by atoms with Crippen molar-refractivity contribution in [2.75, 3.05) is 59.5 Å². The maximum atomic E-state index is 5.25. The van der Waals surface area contributed by atoms with Gasteiger partial charge >= 0.3 is 0 Å². The molecule has 0 aliphatic carbocycles. The summed E-state index contributed by atoms with van der Waals surface area (Å²) in [5.74, 6) is 0.833. The van der Waals surface area contributed by atoms with Gasteiger partial charge in [0.1, 0.15) is 0 Å². The molecule has 4 nitrogen and oxygen atoms in total. The van der Waals surface area contributed by atoms with Gasteiger partial charge in [0, 0.05) is 39.3 Å². The van der Waals surface area contributed by atoms with Crippen molar-refractivity contribution in [1.82, 2.24) is 14.7 Å². The molecule has 2 aliphatic heterocycles. The average Bonchev–Trinajstić information content (AvgIpc) is 3.14. The second-order valence-corrected chi connectivity index (χ2v) is 8.89. The Balaban J connectivity index is 1.58. The molecule has 4 heteroatoms. The van der Waals surface area contributed by atoms with Crippen LogP contribution >= 0.6 is 0 Å². The summed E-state index contributed by atoms with van der Waals surface area (Å²) in [7, 11) is 1.80. The van der Waals surface area contributed by atoms with Crippen LogP contribution in [0.4, 0.5) is 0 Å². The van der Waals surface area contributed by atoms with E-state index in [1.54, 1.807) is 7.11 Å². The summed E-state index contributed by atoms with van der Waals surface area (Å²) < 4.78 is 5.25. The summed E-state index contributed by atoms with van der Waals surface area (Å²) >= 11 is 0. The lowest BCUT2D eigenvalue weighted by molar-refractivity contribution is 0.0964. The fourth-order valence-corrected chi connectivity index (χ4v) is 5.07. The van der Waals surface area contributed by atoms with Crippen LogP contribution in [0.5, 0.6) is 0 Å². The van der Waals surface area contributed by atoms with Crippen LogP contribution in [0.25, 0.3) is 0 Å². The lowest BCUT2D eigenvalue weighted by Gasteiger charge is -2.36. The van der Waals surface area contributed by atoms with Gasteiger partial charge in [-0.25, -0.2) is 0 Å². The van der Waals surface area contributed by atoms with Gasteiger partial charge in [0.05, 0.1) is 6.61 Å². The van der Waals surface area contributed by atoms with Crippen LogP contribution in [-0.2, 0) is 11.3 Å². The average molecular weight is 388 g/mol. The molecule has 1 aromatic rings. The molecule has 1 unspecified atom stereocenters. The van der Waals surface area contributed by atoms with E-state index >= 15 is 0 Å². The molecule has 28 heavy (non-hydrogen) atoms. The molecule has 2 aliphatic rings. The number of hydrogen-bond acceptors (Lipinski definition) is 4. The Labute approximate surface area is 172 Å². The lowest BCUT2D eigenvalue weighted by Crippen LogP contribution is -2.44. The van der Waals surface area contributed by atoms with Crippen molar-refractivity contribution in [2.45, 2.75) is 52.1 Å². The molecule has 1 atom stereocenters. The van der Waals surface area contributed by atoms with Crippen LogP contribution in [-0.4, -0.2) is 80.3 Å². The van der Waals surface area contributed by atoms with E-state index in [0.29, 0.717) is 0 Å². The fraction of sp³-hybridized carbons (Fsp3) is 0.750. The van der Waals surface area contributed by atoms with E-state index in [2.05, 4.69) is 52.8 Å². The minimum absolute atomic E-state index is 0.747. The second-order valence-electron chi connectivity index (χ2n) is 8.89. The van der Waals surface area contributed by atoms with Crippen molar-refractivity contribution in [3.05, 3.63) is 35.4 Å². The Morgan fingerprint density at radius 2 is 1.93 bits per heavy atom. The highest BCUT2D eigenvalue weighted by Crippen LogP contribution is 2.23. The molecule has 0 bridgehead atoms. The minimum atomic E-state index is 0.747. The molecule has 2 saturated heterocycles. The molecule has 0 spiro atoms. The van der Waals surface area contributed by atoms with Crippen molar-refractivity contribution in [3.63, 3.8) is 0 Å². The van der Waals surface area contributed by atoms with Crippen LogP contribution in [0.3, 0.4) is 0 Å². The predicted molar refractivity (Wildman–Crippen MR) is 118 cm³/mol. The Kier molecular flexibility index (Phi) is 8.78. The van der Waals surface area contributed by atoms with Crippen LogP contribution in [0, 0.1) is 12.8 Å². The number of piperidine rings is 1. The van der Waals surface area contributed by atoms with Gasteiger partial charge in [0.15, 0.2) is 0 Å². The molecule has 0 saturated carbocycles. The summed E-state index contributed by atoms with van der Waals surface area (Å²) in [6.07, 6.45) is 5.40. The molecule has 0 radical (unpaired) electrons. The molecule has 158 valence electrons. The Hall–Kier alpha value is -0.940. The maximum absolute atomic E-state index is 5.25. The second kappa shape index (κ2) is 11.3. The van der Waals surface area contributed by atoms with Gasteiger partial charge in [-0.3, -0.25) is 9.80 Å². The number of likely N-dealkylation sites (N-methyl/N-ethyl adjacent to an activating group) is 1. The number of rotatable bonds is 10. The van der Waals surface area contributed by atoms with Gasteiger partial charge in [-0.2, -0.15) is 0 Å². The largest absolute Gasteiger partial charge is 0.383 e. The number of methoxy groups -OCH3 is 1. The van der Waals surface area contributed by atoms with Gasteiger partial charge < -0.3 is 9.64 Å². The summed E-state index contributed by atoms with van der Waals surface area (Å²) in [6.45, 7) is 15.0. The third kappa shape index (κ3) is 6.55. The van der Waals surface area contributed by atoms with E-state index in [1.807, 2.05) is 0 Å². The zero-order valence-corrected chi connectivity index (χ0v) is 18.4. The van der Waals surface area contributed by atoms with Gasteiger partial charge in [0.25, 0.3) is 0 Å². The van der Waals surface area contributed by atoms with Gasteiger partial charge in [0.2, 0.25) is 0 Å². The Morgan fingerprint density at radius 1 is 1.11 bits per heavy atom. The molecular formula is C24H41N3O. The fourth-order valence-electron chi connectivity index (χ4n) is 5.07. The number of ether oxygens (including phenoxy) is 1. The van der Waals surface area contributed by atoms with Gasteiger partial charge in [-0.15, -0.1) is 0 Å². The van der Waals surface area contributed by atoms with Crippen LogP contribution < -0.4 is 0 Å². The normalized spacial score (nSPS) is 22.4. The van der Waals surface area contributed by atoms with E-state index in [0.717, 1.165) is 31.7 Å². The molecule has 0 N–H and O–H groups in total. The van der Waals surface area contributed by atoms with Crippen LogP contribution in [0.15, 0.2) is 24.3 Å². The van der Waals surface area contributed by atoms with Crippen molar-refractivity contribution in [3.8, 4) is 0 Å². The van der Waals surface area contributed by atoms with E-state index in [1.165, 1.54) is 76.1 Å². The first-order valence-electron chi connectivity index (χ1n) is 11.4. The standard InChI is InChI=1S/C24H41N3O/c1-4-27-12-6-9-24(27)20-26(19-23-8-5-7-21(2)17-23)18-22-10-13-25(14-11-22)15-16-28-3/h5,7-8,17,22,24H,4,6,9-16,18-20H2,1-3H3. The minimum Gasteiger partial charge on any atom is -0.383 e. The summed E-state index contributed by atoms with van der Waals surface area (Å²) in [5.41, 5.74) is 2.85. The molecule has 1 aromatic carbocycles. The van der Waals surface area contributed by atoms with Crippen LogP contribution in [0.1, 0.15) is 43.7 Å². The molecule has 0 amide bonds. The quantitative estimate of drug-likeness (QED) is 0.610. The number of aryl methyl sites for hydroxylation is 1. The lowest BCUT2D eigenvalue weighted by atomic mass is 9.95. The maximum Gasteiger partial charge on any atom is 0.0589 e. The van der Waals surface area contributed by atoms with E-state index < -0.39 is 0 Å². The number of hydrogen-bond donors (Lipinski definition) is 0. The van der Waals surface area contributed by atoms with E-state index in [-0.39, 0.29) is 0 Å². The van der Waals surface area contributed by atoms with Gasteiger partial charge in [-0.05, 0) is 70.3 Å². The van der Waals surface area contributed by atoms with Gasteiger partial charge in [-0.1, -0.05) is 36.8 Å². The number of nitrogens with zero attached hydrogens (tertiary/aromatic N) is 3. The van der Waals surface area contributed by atoms with E-state index in [9.17, 15) is 0 Å². The highest BCUT2D eigenvalue weighted by Gasteiger charge is 2.27. The number of benzene rings is 1. The summed E-state index contributed by atoms with van der Waals surface area (Å²) in [4.78, 5) is 8.03. The first-order valence-corrected chi connectivity index (χ1v) is 11.4. The monoisotopic (exact) mass is 387 g/mol. The third-order valence-electron chi connectivity index (χ3n) is 6.70. The third-order valence-corrected chi connectivity index (χ3v) is 6.70. The Bertz CT molecular complexity index is 571. The van der Waals surface area contributed by atoms with E-state index in [4.69, 9.17) is 4.74 Å². The zero-order chi connectivity index (χ0) is 19.8. The molecule has 0 aromatic heterocycles. The SMILES string of the molecule is CCN1CCCC1CN(Cc1cccc(C)c1)CC1CCN(CCOC)CC1.